The molecule has 0 atom stereocenters. The van der Waals surface area contributed by atoms with Crippen LogP contribution in [-0.2, 0) is 4.79 Å². The van der Waals surface area contributed by atoms with Crippen LogP contribution in [0.25, 0.3) is 0 Å². The summed E-state index contributed by atoms with van der Waals surface area (Å²) in [6, 6.07) is -0.299. The van der Waals surface area contributed by atoms with Gasteiger partial charge in [-0.15, -0.1) is 0 Å². The molecule has 4 heteroatoms. The minimum atomic E-state index is -0.299. The highest BCUT2D eigenvalue weighted by Crippen LogP contribution is 2.09. The smallest absolute Gasteiger partial charge is 0.303 e. The minimum absolute atomic E-state index is 0.207. The molecule has 0 spiro atoms. The molecule has 0 unspecified atom stereocenters. The van der Waals surface area contributed by atoms with Gasteiger partial charge in [0.15, 0.2) is 0 Å². The van der Waals surface area contributed by atoms with Gasteiger partial charge in [0.1, 0.15) is 5.70 Å². The summed E-state index contributed by atoms with van der Waals surface area (Å²) in [6.07, 6.45) is 3.45. The van der Waals surface area contributed by atoms with Crippen LogP contribution in [0.5, 0.6) is 0 Å². The molecule has 72 valence electrons. The zero-order chi connectivity index (χ0) is 9.84. The number of rotatable bonds is 3. The Kier molecular flexibility index (Phi) is 3.06. The largest absolute Gasteiger partial charge is 0.328 e. The number of imide groups is 1. The van der Waals surface area contributed by atoms with Crippen LogP contribution in [-0.4, -0.2) is 23.4 Å². The van der Waals surface area contributed by atoms with Gasteiger partial charge in [0.25, 0.3) is 5.91 Å². The summed E-state index contributed by atoms with van der Waals surface area (Å²) in [7, 11) is 0. The number of carbonyl (C=O) groups excluding carboxylic acids is 2. The number of nitrogens with zero attached hydrogens (tertiary/aromatic N) is 1. The molecule has 1 aliphatic rings. The molecule has 0 bridgehead atoms. The minimum Gasteiger partial charge on any atom is -0.303 e. The Morgan fingerprint density at radius 3 is 2.62 bits per heavy atom. The number of hydrogen-bond acceptors (Lipinski definition) is 2. The average molecular weight is 182 g/mol. The number of amides is 3. The highest BCUT2D eigenvalue weighted by molar-refractivity contribution is 6.11. The van der Waals surface area contributed by atoms with E-state index in [2.05, 4.69) is 5.32 Å². The summed E-state index contributed by atoms with van der Waals surface area (Å²) in [4.78, 5) is 23.9. The fourth-order valence-electron chi connectivity index (χ4n) is 1.19. The molecule has 1 fully saturated rings. The lowest BCUT2D eigenvalue weighted by Crippen LogP contribution is -2.31. The number of allylic oxidation sites excluding steroid dienone is 1. The van der Waals surface area contributed by atoms with Gasteiger partial charge in [-0.1, -0.05) is 19.4 Å². The maximum Gasteiger partial charge on any atom is 0.328 e. The normalized spacial score (nSPS) is 19.8. The molecule has 0 aromatic heterocycles. The molecule has 0 saturated carbocycles. The lowest BCUT2D eigenvalue weighted by atomic mass is 10.3. The van der Waals surface area contributed by atoms with E-state index < -0.39 is 0 Å². The van der Waals surface area contributed by atoms with E-state index in [9.17, 15) is 9.59 Å². The predicted octanol–water partition coefficient (Wildman–Crippen LogP) is 1.24. The van der Waals surface area contributed by atoms with Crippen LogP contribution in [0.4, 0.5) is 4.79 Å². The Morgan fingerprint density at radius 2 is 2.15 bits per heavy atom. The predicted molar refractivity (Wildman–Crippen MR) is 48.9 cm³/mol. The third-order valence-corrected chi connectivity index (χ3v) is 1.99. The van der Waals surface area contributed by atoms with E-state index in [1.807, 2.05) is 6.92 Å². The van der Waals surface area contributed by atoms with Gasteiger partial charge >= 0.3 is 6.03 Å². The summed E-state index contributed by atoms with van der Waals surface area (Å²) in [5.41, 5.74) is 0.390. The SMILES string of the molecule is C/C=C1/NC(=O)N(CCCC)C1=O. The van der Waals surface area contributed by atoms with Crippen LogP contribution >= 0.6 is 0 Å². The van der Waals surface area contributed by atoms with Gasteiger partial charge in [-0.2, -0.15) is 0 Å². The summed E-state index contributed by atoms with van der Waals surface area (Å²) in [5.74, 6) is -0.207. The summed E-state index contributed by atoms with van der Waals surface area (Å²) < 4.78 is 0. The standard InChI is InChI=1S/C9H14N2O2/c1-3-5-6-11-8(12)7(4-2)10-9(11)13/h4H,3,5-6H2,1-2H3,(H,10,13)/b7-4+. The molecule has 4 nitrogen and oxygen atoms in total. The molecule has 13 heavy (non-hydrogen) atoms. The number of nitrogens with one attached hydrogen (secondary N) is 1. The highest BCUT2D eigenvalue weighted by atomic mass is 16.2. The summed E-state index contributed by atoms with van der Waals surface area (Å²) in [6.45, 7) is 4.27. The molecule has 1 rings (SSSR count). The van der Waals surface area contributed by atoms with Gasteiger partial charge in [0.2, 0.25) is 0 Å². The van der Waals surface area contributed by atoms with E-state index in [0.717, 1.165) is 12.8 Å². The van der Waals surface area contributed by atoms with Crippen molar-refractivity contribution in [3.8, 4) is 0 Å². The first-order valence-electron chi connectivity index (χ1n) is 4.49. The van der Waals surface area contributed by atoms with Crippen molar-refractivity contribution >= 4 is 11.9 Å². The lowest BCUT2D eigenvalue weighted by Gasteiger charge is -2.09. The van der Waals surface area contributed by atoms with E-state index in [0.29, 0.717) is 12.2 Å². The van der Waals surface area contributed by atoms with Gasteiger partial charge in [-0.05, 0) is 13.3 Å². The Morgan fingerprint density at radius 1 is 1.46 bits per heavy atom. The van der Waals surface area contributed by atoms with Crippen molar-refractivity contribution in [2.45, 2.75) is 26.7 Å². The van der Waals surface area contributed by atoms with Crippen LogP contribution in [0.2, 0.25) is 0 Å². The van der Waals surface area contributed by atoms with E-state index in [1.165, 1.54) is 4.90 Å². The van der Waals surface area contributed by atoms with E-state index >= 15 is 0 Å². The van der Waals surface area contributed by atoms with E-state index in [-0.39, 0.29) is 11.9 Å². The fourth-order valence-corrected chi connectivity index (χ4v) is 1.19. The van der Waals surface area contributed by atoms with Gasteiger partial charge in [-0.25, -0.2) is 4.79 Å². The molecule has 1 heterocycles. The second-order valence-electron chi connectivity index (χ2n) is 2.94. The highest BCUT2D eigenvalue weighted by Gasteiger charge is 2.31. The van der Waals surface area contributed by atoms with Gasteiger partial charge in [0, 0.05) is 6.54 Å². The Hall–Kier alpha value is -1.32. The second kappa shape index (κ2) is 4.07. The zero-order valence-electron chi connectivity index (χ0n) is 7.96. The average Bonchev–Trinajstić information content (AvgIpc) is 2.39. The third-order valence-electron chi connectivity index (χ3n) is 1.99. The van der Waals surface area contributed by atoms with Crippen molar-refractivity contribution in [2.75, 3.05) is 6.54 Å². The Bertz CT molecular complexity index is 258. The maximum absolute atomic E-state index is 11.4. The monoisotopic (exact) mass is 182 g/mol. The van der Waals surface area contributed by atoms with Crippen LogP contribution < -0.4 is 5.32 Å². The van der Waals surface area contributed by atoms with Crippen molar-refractivity contribution in [3.63, 3.8) is 0 Å². The quantitative estimate of drug-likeness (QED) is 0.527. The molecule has 1 saturated heterocycles. The van der Waals surface area contributed by atoms with Crippen molar-refractivity contribution < 1.29 is 9.59 Å². The summed E-state index contributed by atoms with van der Waals surface area (Å²) >= 11 is 0. The van der Waals surface area contributed by atoms with Gasteiger partial charge < -0.3 is 5.32 Å². The van der Waals surface area contributed by atoms with Crippen molar-refractivity contribution in [1.82, 2.24) is 10.2 Å². The van der Waals surface area contributed by atoms with Crippen molar-refractivity contribution in [3.05, 3.63) is 11.8 Å². The molecule has 1 aliphatic heterocycles. The van der Waals surface area contributed by atoms with Gasteiger partial charge in [0.05, 0.1) is 0 Å². The molecule has 0 radical (unpaired) electrons. The number of hydrogen-bond donors (Lipinski definition) is 1. The number of carbonyl (C=O) groups is 2. The molecule has 1 N–H and O–H groups in total. The van der Waals surface area contributed by atoms with Crippen LogP contribution in [0.3, 0.4) is 0 Å². The molecule has 0 aliphatic carbocycles. The molecule has 0 aromatic carbocycles. The number of urea groups is 1. The second-order valence-corrected chi connectivity index (χ2v) is 2.94. The maximum atomic E-state index is 11.4. The van der Waals surface area contributed by atoms with Crippen LogP contribution in [0.1, 0.15) is 26.7 Å². The fraction of sp³-hybridized carbons (Fsp3) is 0.556. The van der Waals surface area contributed by atoms with Gasteiger partial charge in [-0.3, -0.25) is 9.69 Å². The third kappa shape index (κ3) is 1.88. The van der Waals surface area contributed by atoms with Crippen LogP contribution in [0.15, 0.2) is 11.8 Å². The van der Waals surface area contributed by atoms with Crippen molar-refractivity contribution in [1.29, 1.82) is 0 Å². The molecule has 3 amide bonds. The molecule has 0 aromatic rings. The molecular formula is C9H14N2O2. The summed E-state index contributed by atoms with van der Waals surface area (Å²) in [5, 5.41) is 2.51. The zero-order valence-corrected chi connectivity index (χ0v) is 7.96. The Labute approximate surface area is 77.6 Å². The van der Waals surface area contributed by atoms with Crippen molar-refractivity contribution in [2.24, 2.45) is 0 Å². The topological polar surface area (TPSA) is 49.4 Å². The first-order valence-corrected chi connectivity index (χ1v) is 4.49. The first-order chi connectivity index (χ1) is 6.20. The van der Waals surface area contributed by atoms with E-state index in [4.69, 9.17) is 0 Å². The lowest BCUT2D eigenvalue weighted by molar-refractivity contribution is -0.123. The van der Waals surface area contributed by atoms with Crippen LogP contribution in [0, 0.1) is 0 Å². The Balaban J connectivity index is 2.65. The van der Waals surface area contributed by atoms with E-state index in [1.54, 1.807) is 13.0 Å². The molecular weight excluding hydrogens is 168 g/mol. The number of unbranched alkanes of at least 4 members (excludes halogenated alkanes) is 1. The first kappa shape index (κ1) is 9.77.